The van der Waals surface area contributed by atoms with Gasteiger partial charge in [-0.05, 0) is 64.9 Å². The molecule has 1 aliphatic rings. The summed E-state index contributed by atoms with van der Waals surface area (Å²) in [7, 11) is 0. The first-order valence-corrected chi connectivity index (χ1v) is 10.8. The molecule has 0 aromatic carbocycles. The monoisotopic (exact) mass is 356 g/mol. The molecule has 1 fully saturated rings. The molecule has 1 aliphatic carbocycles. The van der Waals surface area contributed by atoms with Gasteiger partial charge in [0.05, 0.1) is 0 Å². The fourth-order valence-electron chi connectivity index (χ4n) is 3.02. The lowest BCUT2D eigenvalue weighted by atomic mass is 9.85. The van der Waals surface area contributed by atoms with Crippen LogP contribution in [0.25, 0.3) is 0 Å². The number of unbranched alkanes of at least 4 members (excludes halogenated alkanes) is 1. The van der Waals surface area contributed by atoms with Crippen molar-refractivity contribution in [2.45, 2.75) is 71.4 Å². The molecule has 0 aliphatic heterocycles. The first-order valence-electron chi connectivity index (χ1n) is 9.41. The zero-order chi connectivity index (χ0) is 17.8. The number of hydrogen-bond donors (Lipinski definition) is 3. The van der Waals surface area contributed by atoms with Gasteiger partial charge in [-0.3, -0.25) is 9.79 Å². The van der Waals surface area contributed by atoms with E-state index in [1.807, 2.05) is 25.6 Å². The molecule has 2 atom stereocenters. The van der Waals surface area contributed by atoms with Crippen molar-refractivity contribution in [1.82, 2.24) is 16.0 Å². The van der Waals surface area contributed by atoms with Gasteiger partial charge in [-0.2, -0.15) is 11.8 Å². The molecular weight excluding hydrogens is 320 g/mol. The van der Waals surface area contributed by atoms with E-state index in [0.717, 1.165) is 51.2 Å². The van der Waals surface area contributed by atoms with Crippen LogP contribution >= 0.6 is 11.8 Å². The van der Waals surface area contributed by atoms with Gasteiger partial charge in [-0.25, -0.2) is 0 Å². The Balaban J connectivity index is 2.47. The second-order valence-electron chi connectivity index (χ2n) is 6.83. The summed E-state index contributed by atoms with van der Waals surface area (Å²) in [5.74, 6) is 2.43. The molecule has 3 N–H and O–H groups in total. The average molecular weight is 357 g/mol. The van der Waals surface area contributed by atoms with Crippen LogP contribution in [-0.4, -0.2) is 49.0 Å². The van der Waals surface area contributed by atoms with Gasteiger partial charge in [-0.1, -0.05) is 6.42 Å². The van der Waals surface area contributed by atoms with Crippen LogP contribution in [0.4, 0.5) is 0 Å². The molecule has 6 heteroatoms. The van der Waals surface area contributed by atoms with E-state index in [0.29, 0.717) is 6.04 Å². The summed E-state index contributed by atoms with van der Waals surface area (Å²) in [5.41, 5.74) is 0. The molecule has 0 radical (unpaired) electrons. The number of aliphatic imine (C=N–C) groups is 1. The van der Waals surface area contributed by atoms with Crippen molar-refractivity contribution in [3.63, 3.8) is 0 Å². The summed E-state index contributed by atoms with van der Waals surface area (Å²) < 4.78 is 0. The molecular formula is C18H36N4OS. The molecule has 0 saturated heterocycles. The summed E-state index contributed by atoms with van der Waals surface area (Å²) in [5, 5.41) is 9.92. The maximum atomic E-state index is 12.3. The zero-order valence-electron chi connectivity index (χ0n) is 15.9. The fourth-order valence-corrected chi connectivity index (χ4v) is 3.52. The Morgan fingerprint density at radius 2 is 2.08 bits per heavy atom. The average Bonchev–Trinajstić information content (AvgIpc) is 2.54. The number of carbonyl (C=O) groups is 1. The van der Waals surface area contributed by atoms with Crippen LogP contribution in [-0.2, 0) is 4.79 Å². The molecule has 0 spiro atoms. The highest BCUT2D eigenvalue weighted by molar-refractivity contribution is 7.98. The van der Waals surface area contributed by atoms with Gasteiger partial charge in [0.1, 0.15) is 0 Å². The third-order valence-corrected chi connectivity index (χ3v) is 4.88. The lowest BCUT2D eigenvalue weighted by Gasteiger charge is -2.30. The second-order valence-corrected chi connectivity index (χ2v) is 7.81. The summed E-state index contributed by atoms with van der Waals surface area (Å²) in [6.45, 7) is 7.85. The zero-order valence-corrected chi connectivity index (χ0v) is 16.7. The number of rotatable bonds is 9. The Labute approximate surface area is 152 Å². The first-order chi connectivity index (χ1) is 11.6. The molecule has 0 bridgehead atoms. The number of amides is 1. The highest BCUT2D eigenvalue weighted by Gasteiger charge is 2.27. The SMILES string of the molecule is CCNC(=NCCCCSC)NC1CCCC(C(=O)NC(C)C)C1. The topological polar surface area (TPSA) is 65.5 Å². The van der Waals surface area contributed by atoms with E-state index < -0.39 is 0 Å². The second kappa shape index (κ2) is 12.5. The minimum Gasteiger partial charge on any atom is -0.357 e. The van der Waals surface area contributed by atoms with Crippen LogP contribution in [0.15, 0.2) is 4.99 Å². The fraction of sp³-hybridized carbons (Fsp3) is 0.889. The molecule has 24 heavy (non-hydrogen) atoms. The van der Waals surface area contributed by atoms with Crippen molar-refractivity contribution in [1.29, 1.82) is 0 Å². The summed E-state index contributed by atoms with van der Waals surface area (Å²) in [6, 6.07) is 0.552. The molecule has 5 nitrogen and oxygen atoms in total. The quantitative estimate of drug-likeness (QED) is 0.338. The Morgan fingerprint density at radius 1 is 1.29 bits per heavy atom. The van der Waals surface area contributed by atoms with E-state index >= 15 is 0 Å². The number of thioether (sulfide) groups is 1. The van der Waals surface area contributed by atoms with Crippen molar-refractivity contribution in [2.24, 2.45) is 10.9 Å². The highest BCUT2D eigenvalue weighted by atomic mass is 32.2. The highest BCUT2D eigenvalue weighted by Crippen LogP contribution is 2.24. The van der Waals surface area contributed by atoms with Gasteiger partial charge in [0.15, 0.2) is 5.96 Å². The van der Waals surface area contributed by atoms with Gasteiger partial charge >= 0.3 is 0 Å². The van der Waals surface area contributed by atoms with E-state index in [2.05, 4.69) is 34.1 Å². The number of nitrogens with zero attached hydrogens (tertiary/aromatic N) is 1. The van der Waals surface area contributed by atoms with Gasteiger partial charge in [-0.15, -0.1) is 0 Å². The van der Waals surface area contributed by atoms with E-state index in [1.54, 1.807) is 0 Å². The first kappa shape index (κ1) is 21.1. The Hall–Kier alpha value is -0.910. The van der Waals surface area contributed by atoms with Crippen molar-refractivity contribution in [2.75, 3.05) is 25.1 Å². The van der Waals surface area contributed by atoms with Gasteiger partial charge in [0.2, 0.25) is 5.91 Å². The Bertz CT molecular complexity index is 387. The van der Waals surface area contributed by atoms with Crippen molar-refractivity contribution >= 4 is 23.6 Å². The molecule has 2 unspecified atom stereocenters. The lowest BCUT2D eigenvalue weighted by molar-refractivity contribution is -0.126. The molecule has 1 rings (SSSR count). The van der Waals surface area contributed by atoms with Crippen LogP contribution in [0.5, 0.6) is 0 Å². The number of nitrogens with one attached hydrogen (secondary N) is 3. The molecule has 0 aromatic rings. The smallest absolute Gasteiger partial charge is 0.223 e. The maximum absolute atomic E-state index is 12.3. The molecule has 1 amide bonds. The van der Waals surface area contributed by atoms with E-state index in [1.165, 1.54) is 12.2 Å². The summed E-state index contributed by atoms with van der Waals surface area (Å²) >= 11 is 1.89. The third-order valence-electron chi connectivity index (χ3n) is 4.19. The third kappa shape index (κ3) is 8.81. The largest absolute Gasteiger partial charge is 0.357 e. The van der Waals surface area contributed by atoms with Crippen LogP contribution in [0, 0.1) is 5.92 Å². The standard InChI is InChI=1S/C18H36N4OS/c1-5-19-18(20-11-6-7-12-24-4)22-16-10-8-9-15(13-16)17(23)21-14(2)3/h14-16H,5-13H2,1-4H3,(H,21,23)(H2,19,20,22). The van der Waals surface area contributed by atoms with Crippen LogP contribution < -0.4 is 16.0 Å². The summed E-state index contributed by atoms with van der Waals surface area (Å²) in [4.78, 5) is 16.9. The van der Waals surface area contributed by atoms with Crippen molar-refractivity contribution < 1.29 is 4.79 Å². The lowest BCUT2D eigenvalue weighted by Crippen LogP contribution is -2.47. The van der Waals surface area contributed by atoms with E-state index in [9.17, 15) is 4.79 Å². The predicted octanol–water partition coefficient (Wildman–Crippen LogP) is 2.77. The Kier molecular flexibility index (Phi) is 11.0. The minimum atomic E-state index is 0.128. The normalized spacial score (nSPS) is 21.6. The molecule has 1 saturated carbocycles. The van der Waals surface area contributed by atoms with E-state index in [4.69, 9.17) is 0 Å². The van der Waals surface area contributed by atoms with Crippen LogP contribution in [0.3, 0.4) is 0 Å². The summed E-state index contributed by atoms with van der Waals surface area (Å²) in [6.07, 6.45) is 8.59. The molecule has 140 valence electrons. The minimum absolute atomic E-state index is 0.128. The van der Waals surface area contributed by atoms with Crippen molar-refractivity contribution in [3.8, 4) is 0 Å². The van der Waals surface area contributed by atoms with Gasteiger partial charge in [0, 0.05) is 31.1 Å². The van der Waals surface area contributed by atoms with Crippen LogP contribution in [0.2, 0.25) is 0 Å². The number of carbonyl (C=O) groups excluding carboxylic acids is 1. The number of hydrogen-bond acceptors (Lipinski definition) is 3. The number of guanidine groups is 1. The maximum Gasteiger partial charge on any atom is 0.223 e. The van der Waals surface area contributed by atoms with E-state index in [-0.39, 0.29) is 17.9 Å². The molecule has 0 heterocycles. The van der Waals surface area contributed by atoms with Gasteiger partial charge in [0.25, 0.3) is 0 Å². The molecule has 0 aromatic heterocycles. The van der Waals surface area contributed by atoms with Gasteiger partial charge < -0.3 is 16.0 Å². The predicted molar refractivity (Wildman–Crippen MR) is 106 cm³/mol. The van der Waals surface area contributed by atoms with Crippen molar-refractivity contribution in [3.05, 3.63) is 0 Å². The Morgan fingerprint density at radius 3 is 2.75 bits per heavy atom. The van der Waals surface area contributed by atoms with Crippen LogP contribution in [0.1, 0.15) is 59.3 Å².